The summed E-state index contributed by atoms with van der Waals surface area (Å²) in [5.74, 6) is 0.867. The van der Waals surface area contributed by atoms with Gasteiger partial charge in [0, 0.05) is 29.9 Å². The van der Waals surface area contributed by atoms with Crippen molar-refractivity contribution in [3.8, 4) is 0 Å². The van der Waals surface area contributed by atoms with Crippen molar-refractivity contribution in [3.63, 3.8) is 0 Å². The molecule has 2 aromatic heterocycles. The highest BCUT2D eigenvalue weighted by molar-refractivity contribution is 6.14. The van der Waals surface area contributed by atoms with Gasteiger partial charge in [0.15, 0.2) is 0 Å². The van der Waals surface area contributed by atoms with Gasteiger partial charge in [-0.2, -0.15) is 0 Å². The van der Waals surface area contributed by atoms with E-state index in [1.807, 2.05) is 18.3 Å². The van der Waals surface area contributed by atoms with Crippen LogP contribution in [-0.4, -0.2) is 28.4 Å². The number of carbonyl (C=O) groups is 1. The van der Waals surface area contributed by atoms with Gasteiger partial charge in [-0.25, -0.2) is 9.98 Å². The number of aromatic amines is 1. The fraction of sp³-hybridized carbons (Fsp3) is 0.312. The molecule has 0 spiro atoms. The summed E-state index contributed by atoms with van der Waals surface area (Å²) in [6.07, 6.45) is 6.41. The summed E-state index contributed by atoms with van der Waals surface area (Å²) in [6.45, 7) is 5.08. The van der Waals surface area contributed by atoms with Gasteiger partial charge in [-0.3, -0.25) is 10.1 Å². The number of nitrogens with one attached hydrogen (secondary N) is 3. The van der Waals surface area contributed by atoms with Crippen molar-refractivity contribution >= 4 is 53.8 Å². The van der Waals surface area contributed by atoms with Gasteiger partial charge < -0.3 is 10.3 Å². The van der Waals surface area contributed by atoms with E-state index in [1.165, 1.54) is 0 Å². The molecule has 0 bridgehead atoms. The Bertz CT molecular complexity index is 769. The van der Waals surface area contributed by atoms with Crippen LogP contribution in [-0.2, 0) is 4.79 Å². The van der Waals surface area contributed by atoms with E-state index in [4.69, 9.17) is 0 Å². The van der Waals surface area contributed by atoms with Crippen LogP contribution in [0.4, 0.5) is 0 Å². The number of halogens is 2. The Kier molecular flexibility index (Phi) is 7.25. The van der Waals surface area contributed by atoms with E-state index >= 15 is 0 Å². The first kappa shape index (κ1) is 20.0. The lowest BCUT2D eigenvalue weighted by Gasteiger charge is -2.09. The van der Waals surface area contributed by atoms with Gasteiger partial charge in [-0.15, -0.1) is 24.8 Å². The average Bonchev–Trinajstić information content (AvgIpc) is 3.10. The number of fused-ring (bicyclic) bond motifs is 1. The van der Waals surface area contributed by atoms with Crippen LogP contribution in [0.5, 0.6) is 0 Å². The molecule has 0 fully saturated rings. The van der Waals surface area contributed by atoms with Crippen molar-refractivity contribution in [2.75, 3.05) is 6.54 Å². The highest BCUT2D eigenvalue weighted by atomic mass is 35.5. The standard InChI is InChI=1S/C16H19N5O.2ClH/c1-3-10(2)8-19-16-20-13(15(22)21-16)7-11-9-18-14-12(11)5-4-6-17-14;;/h4-7,9-10H,3,8H2,1-2H3,(H,17,18)(H2,19,20,21,22);2*1H/b13-7-;;. The number of pyridine rings is 1. The maximum Gasteiger partial charge on any atom is 0.276 e. The Morgan fingerprint density at radius 1 is 1.38 bits per heavy atom. The molecule has 0 radical (unpaired) electrons. The van der Waals surface area contributed by atoms with Crippen molar-refractivity contribution < 1.29 is 4.79 Å². The fourth-order valence-electron chi connectivity index (χ4n) is 2.21. The van der Waals surface area contributed by atoms with E-state index in [9.17, 15) is 4.79 Å². The number of hydrogen-bond acceptors (Lipinski definition) is 4. The SMILES string of the molecule is CCC(C)CNC1=N/C(=C\c2c[nH]c3ncccc23)C(=O)N1.Cl.Cl. The minimum atomic E-state index is -0.190. The molecule has 2 aromatic rings. The Labute approximate surface area is 153 Å². The molecule has 130 valence electrons. The van der Waals surface area contributed by atoms with Gasteiger partial charge >= 0.3 is 0 Å². The van der Waals surface area contributed by atoms with E-state index in [2.05, 4.69) is 39.4 Å². The first-order valence-corrected chi connectivity index (χ1v) is 7.45. The maximum absolute atomic E-state index is 12.0. The number of guanidine groups is 1. The fourth-order valence-corrected chi connectivity index (χ4v) is 2.21. The molecule has 1 unspecified atom stereocenters. The minimum absolute atomic E-state index is 0. The summed E-state index contributed by atoms with van der Waals surface area (Å²) in [5, 5.41) is 6.89. The van der Waals surface area contributed by atoms with Crippen LogP contribution in [0.1, 0.15) is 25.8 Å². The average molecular weight is 370 g/mol. The van der Waals surface area contributed by atoms with Crippen LogP contribution < -0.4 is 10.6 Å². The molecular weight excluding hydrogens is 349 g/mol. The summed E-state index contributed by atoms with van der Waals surface area (Å²) in [5.41, 5.74) is 2.10. The molecule has 24 heavy (non-hydrogen) atoms. The van der Waals surface area contributed by atoms with Crippen molar-refractivity contribution in [2.45, 2.75) is 20.3 Å². The summed E-state index contributed by atoms with van der Waals surface area (Å²) in [6, 6.07) is 3.83. The lowest BCUT2D eigenvalue weighted by molar-refractivity contribution is -0.115. The third-order valence-electron chi connectivity index (χ3n) is 3.79. The number of nitrogens with zero attached hydrogens (tertiary/aromatic N) is 2. The van der Waals surface area contributed by atoms with Crippen LogP contribution in [0.15, 0.2) is 35.2 Å². The zero-order valence-electron chi connectivity index (χ0n) is 13.5. The third-order valence-corrected chi connectivity index (χ3v) is 3.79. The van der Waals surface area contributed by atoms with E-state index in [-0.39, 0.29) is 30.7 Å². The van der Waals surface area contributed by atoms with Crippen LogP contribution in [0.3, 0.4) is 0 Å². The smallest absolute Gasteiger partial charge is 0.276 e. The molecule has 1 aliphatic heterocycles. The van der Waals surface area contributed by atoms with Crippen molar-refractivity contribution in [1.82, 2.24) is 20.6 Å². The van der Waals surface area contributed by atoms with Crippen molar-refractivity contribution in [2.24, 2.45) is 10.9 Å². The van der Waals surface area contributed by atoms with Crippen molar-refractivity contribution in [1.29, 1.82) is 0 Å². The molecule has 8 heteroatoms. The summed E-state index contributed by atoms with van der Waals surface area (Å²) in [7, 11) is 0. The Morgan fingerprint density at radius 2 is 2.17 bits per heavy atom. The van der Waals surface area contributed by atoms with Crippen LogP contribution >= 0.6 is 24.8 Å². The van der Waals surface area contributed by atoms with Gasteiger partial charge in [-0.05, 0) is 24.1 Å². The summed E-state index contributed by atoms with van der Waals surface area (Å²) in [4.78, 5) is 23.6. The zero-order valence-corrected chi connectivity index (χ0v) is 15.1. The number of rotatable bonds is 4. The lowest BCUT2D eigenvalue weighted by atomic mass is 10.1. The second kappa shape index (κ2) is 8.70. The molecule has 0 aliphatic carbocycles. The van der Waals surface area contributed by atoms with Gasteiger partial charge in [0.1, 0.15) is 11.3 Å². The molecule has 1 amide bonds. The normalized spacial score (nSPS) is 16.2. The number of aliphatic imine (C=N–C) groups is 1. The molecule has 1 aliphatic rings. The number of H-pyrrole nitrogens is 1. The predicted octanol–water partition coefficient (Wildman–Crippen LogP) is 2.87. The maximum atomic E-state index is 12.0. The molecule has 0 saturated heterocycles. The van der Waals surface area contributed by atoms with E-state index in [1.54, 1.807) is 12.3 Å². The van der Waals surface area contributed by atoms with Crippen LogP contribution in [0, 0.1) is 5.92 Å². The summed E-state index contributed by atoms with van der Waals surface area (Å²) >= 11 is 0. The van der Waals surface area contributed by atoms with E-state index in [0.29, 0.717) is 17.6 Å². The van der Waals surface area contributed by atoms with Gasteiger partial charge in [0.05, 0.1) is 0 Å². The predicted molar refractivity (Wildman–Crippen MR) is 102 cm³/mol. The molecule has 0 saturated carbocycles. The zero-order chi connectivity index (χ0) is 15.5. The lowest BCUT2D eigenvalue weighted by Crippen LogP contribution is -2.38. The second-order valence-electron chi connectivity index (χ2n) is 5.48. The molecule has 6 nitrogen and oxygen atoms in total. The second-order valence-corrected chi connectivity index (χ2v) is 5.48. The Balaban J connectivity index is 0.00000144. The van der Waals surface area contributed by atoms with E-state index in [0.717, 1.165) is 29.6 Å². The first-order chi connectivity index (χ1) is 10.7. The molecule has 3 N–H and O–H groups in total. The van der Waals surface area contributed by atoms with Gasteiger partial charge in [0.25, 0.3) is 5.91 Å². The topological polar surface area (TPSA) is 82.2 Å². The Morgan fingerprint density at radius 3 is 2.92 bits per heavy atom. The highest BCUT2D eigenvalue weighted by Gasteiger charge is 2.20. The van der Waals surface area contributed by atoms with Crippen LogP contribution in [0.25, 0.3) is 17.1 Å². The molecule has 0 aromatic carbocycles. The number of amides is 1. The van der Waals surface area contributed by atoms with Crippen molar-refractivity contribution in [3.05, 3.63) is 35.8 Å². The highest BCUT2D eigenvalue weighted by Crippen LogP contribution is 2.20. The van der Waals surface area contributed by atoms with E-state index < -0.39 is 0 Å². The number of aromatic nitrogens is 2. The largest absolute Gasteiger partial charge is 0.355 e. The number of hydrogen-bond donors (Lipinski definition) is 3. The quantitative estimate of drug-likeness (QED) is 0.724. The van der Waals surface area contributed by atoms with Gasteiger partial charge in [-0.1, -0.05) is 20.3 Å². The first-order valence-electron chi connectivity index (χ1n) is 7.45. The molecule has 1 atom stereocenters. The monoisotopic (exact) mass is 369 g/mol. The summed E-state index contributed by atoms with van der Waals surface area (Å²) < 4.78 is 0. The Hall–Kier alpha value is -2.05. The molecular formula is C16H21Cl2N5O. The third kappa shape index (κ3) is 4.27. The number of carbonyl (C=O) groups excluding carboxylic acids is 1. The van der Waals surface area contributed by atoms with Crippen LogP contribution in [0.2, 0.25) is 0 Å². The molecule has 3 heterocycles. The minimum Gasteiger partial charge on any atom is -0.355 e. The molecule has 3 rings (SSSR count). The van der Waals surface area contributed by atoms with Gasteiger partial charge in [0.2, 0.25) is 5.96 Å².